The first-order valence-electron chi connectivity index (χ1n) is 3.03. The molecule has 0 rings (SSSR count). The summed E-state index contributed by atoms with van der Waals surface area (Å²) in [5.74, 6) is 0. The van der Waals surface area contributed by atoms with Crippen molar-refractivity contribution in [3.8, 4) is 0 Å². The van der Waals surface area contributed by atoms with E-state index in [0.717, 1.165) is 19.1 Å². The molecule has 0 bridgehead atoms. The van der Waals surface area contributed by atoms with Crippen molar-refractivity contribution >= 4 is 6.29 Å². The molecule has 9 heavy (non-hydrogen) atoms. The first-order chi connectivity index (χ1) is 4.41. The summed E-state index contributed by atoms with van der Waals surface area (Å²) in [7, 11) is 1.61. The Morgan fingerprint density at radius 2 is 2.22 bits per heavy atom. The van der Waals surface area contributed by atoms with Crippen molar-refractivity contribution in [1.29, 1.82) is 0 Å². The fourth-order valence-electron chi connectivity index (χ4n) is 0.483. The molecule has 0 fully saturated rings. The Morgan fingerprint density at radius 3 is 2.78 bits per heavy atom. The Labute approximate surface area is 55.5 Å². The predicted octanol–water partition coefficient (Wildman–Crippen LogP) is 1.52. The molecule has 0 N–H and O–H groups in total. The number of unbranched alkanes of at least 4 members (excludes halogenated alkanes) is 2. The van der Waals surface area contributed by atoms with Gasteiger partial charge in [-0.2, -0.15) is 0 Å². The van der Waals surface area contributed by atoms with Crippen LogP contribution in [0.1, 0.15) is 19.3 Å². The number of ether oxygens (including phenoxy) is 1. The van der Waals surface area contributed by atoms with Crippen LogP contribution in [0.5, 0.6) is 0 Å². The minimum Gasteiger partial charge on any atom is -0.505 e. The molecule has 0 amide bonds. The molecular formula is C7H12O2. The lowest BCUT2D eigenvalue weighted by Crippen LogP contribution is -1.73. The number of carbonyl (C=O) groups is 1. The Balaban J connectivity index is 2.90. The van der Waals surface area contributed by atoms with E-state index < -0.39 is 0 Å². The van der Waals surface area contributed by atoms with Gasteiger partial charge in [0.05, 0.1) is 13.4 Å². The van der Waals surface area contributed by atoms with E-state index in [1.54, 1.807) is 13.4 Å². The maximum Gasteiger partial charge on any atom is 0.120 e. The maximum absolute atomic E-state index is 9.78. The number of hydrogen-bond donors (Lipinski definition) is 0. The van der Waals surface area contributed by atoms with E-state index in [1.807, 2.05) is 6.08 Å². The molecule has 0 spiro atoms. The van der Waals surface area contributed by atoms with Crippen molar-refractivity contribution in [1.82, 2.24) is 0 Å². The van der Waals surface area contributed by atoms with Gasteiger partial charge in [0.2, 0.25) is 0 Å². The lowest BCUT2D eigenvalue weighted by molar-refractivity contribution is -0.107. The highest BCUT2D eigenvalue weighted by Crippen LogP contribution is 1.92. The quantitative estimate of drug-likeness (QED) is 0.319. The lowest BCUT2D eigenvalue weighted by Gasteiger charge is -1.86. The molecule has 0 radical (unpaired) electrons. The predicted molar refractivity (Wildman–Crippen MR) is 36.1 cm³/mol. The first-order valence-corrected chi connectivity index (χ1v) is 3.03. The second-order valence-electron chi connectivity index (χ2n) is 1.71. The van der Waals surface area contributed by atoms with Crippen LogP contribution in [0, 0.1) is 0 Å². The van der Waals surface area contributed by atoms with Crippen LogP contribution in [0.15, 0.2) is 12.3 Å². The lowest BCUT2D eigenvalue weighted by atomic mass is 10.2. The summed E-state index contributed by atoms with van der Waals surface area (Å²) in [6, 6.07) is 0. The zero-order valence-electron chi connectivity index (χ0n) is 5.67. The molecule has 2 heteroatoms. The minimum atomic E-state index is 0.647. The van der Waals surface area contributed by atoms with Crippen LogP contribution in [0.25, 0.3) is 0 Å². The van der Waals surface area contributed by atoms with Gasteiger partial charge in [-0.15, -0.1) is 0 Å². The van der Waals surface area contributed by atoms with Crippen LogP contribution in [0.3, 0.4) is 0 Å². The second kappa shape index (κ2) is 7.21. The summed E-state index contributed by atoms with van der Waals surface area (Å²) in [5.41, 5.74) is 0. The van der Waals surface area contributed by atoms with Crippen molar-refractivity contribution in [3.05, 3.63) is 12.3 Å². The van der Waals surface area contributed by atoms with Gasteiger partial charge in [-0.05, 0) is 18.9 Å². The van der Waals surface area contributed by atoms with Crippen molar-refractivity contribution < 1.29 is 9.53 Å². The van der Waals surface area contributed by atoms with Gasteiger partial charge in [0.15, 0.2) is 0 Å². The van der Waals surface area contributed by atoms with E-state index in [9.17, 15) is 4.79 Å². The highest BCUT2D eigenvalue weighted by Gasteiger charge is 1.79. The van der Waals surface area contributed by atoms with E-state index in [-0.39, 0.29) is 0 Å². The smallest absolute Gasteiger partial charge is 0.120 e. The Bertz CT molecular complexity index is 86.9. The van der Waals surface area contributed by atoms with Crippen molar-refractivity contribution in [2.75, 3.05) is 7.11 Å². The number of allylic oxidation sites excluding steroid dienone is 1. The Kier molecular flexibility index (Phi) is 6.58. The van der Waals surface area contributed by atoms with Crippen LogP contribution >= 0.6 is 0 Å². The summed E-state index contributed by atoms with van der Waals surface area (Å²) in [6.07, 6.45) is 6.96. The van der Waals surface area contributed by atoms with Crippen molar-refractivity contribution in [3.63, 3.8) is 0 Å². The number of carbonyl (C=O) groups excluding carboxylic acids is 1. The van der Waals surface area contributed by atoms with Gasteiger partial charge in [-0.25, -0.2) is 0 Å². The highest BCUT2D eigenvalue weighted by molar-refractivity contribution is 5.48. The molecule has 0 heterocycles. The summed E-state index contributed by atoms with van der Waals surface area (Å²) in [5, 5.41) is 0. The molecule has 52 valence electrons. The zero-order chi connectivity index (χ0) is 6.95. The molecule has 0 aromatic rings. The molecule has 0 saturated carbocycles. The molecule has 0 aliphatic carbocycles. The normalized spacial score (nSPS) is 9.89. The number of methoxy groups -OCH3 is 1. The molecule has 0 aromatic carbocycles. The summed E-state index contributed by atoms with van der Waals surface area (Å²) in [6.45, 7) is 0. The summed E-state index contributed by atoms with van der Waals surface area (Å²) in [4.78, 5) is 9.78. The first kappa shape index (κ1) is 8.21. The monoisotopic (exact) mass is 128 g/mol. The Morgan fingerprint density at radius 1 is 1.44 bits per heavy atom. The van der Waals surface area contributed by atoms with E-state index >= 15 is 0 Å². The van der Waals surface area contributed by atoms with Crippen LogP contribution in [-0.4, -0.2) is 13.4 Å². The third-order valence-electron chi connectivity index (χ3n) is 0.925. The summed E-state index contributed by atoms with van der Waals surface area (Å²) >= 11 is 0. The average molecular weight is 128 g/mol. The SMILES string of the molecule is CO/C=C/CCCC=O. The Hall–Kier alpha value is -0.790. The van der Waals surface area contributed by atoms with Crippen LogP contribution in [-0.2, 0) is 9.53 Å². The van der Waals surface area contributed by atoms with E-state index in [1.165, 1.54) is 0 Å². The fraction of sp³-hybridized carbons (Fsp3) is 0.571. The van der Waals surface area contributed by atoms with Gasteiger partial charge in [-0.1, -0.05) is 0 Å². The van der Waals surface area contributed by atoms with Gasteiger partial charge in [-0.3, -0.25) is 0 Å². The maximum atomic E-state index is 9.78. The van der Waals surface area contributed by atoms with Gasteiger partial charge in [0, 0.05) is 6.42 Å². The van der Waals surface area contributed by atoms with Crippen LogP contribution < -0.4 is 0 Å². The van der Waals surface area contributed by atoms with E-state index in [4.69, 9.17) is 0 Å². The molecule has 0 aliphatic rings. The standard InChI is InChI=1S/C7H12O2/c1-9-7-5-3-2-4-6-8/h5-7H,2-4H2,1H3/b7-5+. The third-order valence-corrected chi connectivity index (χ3v) is 0.925. The van der Waals surface area contributed by atoms with Crippen molar-refractivity contribution in [2.45, 2.75) is 19.3 Å². The van der Waals surface area contributed by atoms with Gasteiger partial charge in [0.1, 0.15) is 6.29 Å². The highest BCUT2D eigenvalue weighted by atomic mass is 16.5. The van der Waals surface area contributed by atoms with E-state index in [0.29, 0.717) is 6.42 Å². The average Bonchev–Trinajstić information content (AvgIpc) is 1.89. The molecule has 0 aromatic heterocycles. The van der Waals surface area contributed by atoms with Gasteiger partial charge >= 0.3 is 0 Å². The molecule has 0 atom stereocenters. The fourth-order valence-corrected chi connectivity index (χ4v) is 0.483. The van der Waals surface area contributed by atoms with Crippen LogP contribution in [0.4, 0.5) is 0 Å². The number of rotatable bonds is 5. The van der Waals surface area contributed by atoms with E-state index in [2.05, 4.69) is 4.74 Å². The van der Waals surface area contributed by atoms with Crippen molar-refractivity contribution in [2.24, 2.45) is 0 Å². The largest absolute Gasteiger partial charge is 0.505 e. The third kappa shape index (κ3) is 7.21. The topological polar surface area (TPSA) is 26.3 Å². The molecule has 0 aliphatic heterocycles. The summed E-state index contributed by atoms with van der Waals surface area (Å²) < 4.78 is 4.65. The van der Waals surface area contributed by atoms with Gasteiger partial charge < -0.3 is 9.53 Å². The molecule has 2 nitrogen and oxygen atoms in total. The van der Waals surface area contributed by atoms with Gasteiger partial charge in [0.25, 0.3) is 0 Å². The number of hydrogen-bond acceptors (Lipinski definition) is 2. The molecule has 0 saturated heterocycles. The number of aldehydes is 1. The second-order valence-corrected chi connectivity index (χ2v) is 1.71. The molecule has 0 unspecified atom stereocenters. The zero-order valence-corrected chi connectivity index (χ0v) is 5.67. The molecular weight excluding hydrogens is 116 g/mol. The van der Waals surface area contributed by atoms with Crippen LogP contribution in [0.2, 0.25) is 0 Å². The minimum absolute atomic E-state index is 0.647.